The van der Waals surface area contributed by atoms with Crippen molar-refractivity contribution in [1.82, 2.24) is 0 Å². The summed E-state index contributed by atoms with van der Waals surface area (Å²) in [6.45, 7) is 13.6. The largest absolute Gasteiger partial charge is 0.623 e. The van der Waals surface area contributed by atoms with Gasteiger partial charge in [-0.15, -0.1) is 0 Å². The van der Waals surface area contributed by atoms with Gasteiger partial charge < -0.3 is 7.44 Å². The van der Waals surface area contributed by atoms with E-state index in [-0.39, 0.29) is 0 Å². The highest BCUT2D eigenvalue weighted by Crippen LogP contribution is 2.38. The molecule has 0 nitrogen and oxygen atoms in total. The van der Waals surface area contributed by atoms with Gasteiger partial charge in [0, 0.05) is 0 Å². The molecular weight excluding hydrogens is 147 g/mol. The van der Waals surface area contributed by atoms with Crippen molar-refractivity contribution in [2.75, 3.05) is 0 Å². The molecule has 0 saturated carbocycles. The van der Waals surface area contributed by atoms with Gasteiger partial charge in [-0.3, -0.25) is 0 Å². The van der Waals surface area contributed by atoms with Crippen LogP contribution in [0.2, 0.25) is 16.6 Å². The maximum Gasteiger partial charge on any atom is -0.0683 e. The molecular formula is C9H21BSi-. The molecule has 65 valence electrons. The molecule has 0 heterocycles. The van der Waals surface area contributed by atoms with Crippen LogP contribution in [0.1, 0.15) is 41.5 Å². The predicted molar refractivity (Wildman–Crippen MR) is 56.8 cm³/mol. The molecule has 0 amide bonds. The smallest absolute Gasteiger partial charge is 0.0683 e. The van der Waals surface area contributed by atoms with Crippen LogP contribution in [0.5, 0.6) is 0 Å². The molecule has 0 bridgehead atoms. The molecule has 2 heteroatoms. The molecule has 3 radical (unpaired) electrons. The molecule has 0 aliphatic heterocycles. The highest BCUT2D eigenvalue weighted by atomic mass is 28.3. The van der Waals surface area contributed by atoms with Crippen molar-refractivity contribution in [2.45, 2.75) is 58.2 Å². The van der Waals surface area contributed by atoms with E-state index >= 15 is 0 Å². The normalized spacial score (nSPS) is 13.6. The molecule has 0 unspecified atom stereocenters. The Morgan fingerprint density at radius 1 is 0.727 bits per heavy atom. The Balaban J connectivity index is 4.53. The molecule has 0 aromatic rings. The third kappa shape index (κ3) is 2.11. The van der Waals surface area contributed by atoms with Crippen LogP contribution in [0.15, 0.2) is 0 Å². The Hall–Kier alpha value is 0.282. The topological polar surface area (TPSA) is 0 Å². The van der Waals surface area contributed by atoms with Gasteiger partial charge in [0.1, 0.15) is 0 Å². The van der Waals surface area contributed by atoms with Gasteiger partial charge in [-0.1, -0.05) is 58.2 Å². The molecule has 0 atom stereocenters. The van der Waals surface area contributed by atoms with Crippen molar-refractivity contribution in [3.05, 3.63) is 0 Å². The summed E-state index contributed by atoms with van der Waals surface area (Å²) in [4.78, 5) is 0. The molecule has 0 aliphatic carbocycles. The van der Waals surface area contributed by atoms with E-state index in [9.17, 15) is 0 Å². The minimum Gasteiger partial charge on any atom is -0.623 e. The highest BCUT2D eigenvalue weighted by Gasteiger charge is 2.24. The Bertz CT molecular complexity index is 97.0. The Morgan fingerprint density at radius 2 is 0.909 bits per heavy atom. The maximum atomic E-state index is 6.47. The second kappa shape index (κ2) is 3.79. The summed E-state index contributed by atoms with van der Waals surface area (Å²) >= 11 is 0. The summed E-state index contributed by atoms with van der Waals surface area (Å²) < 4.78 is 0. The van der Waals surface area contributed by atoms with E-state index in [1.165, 1.54) is 0 Å². The van der Waals surface area contributed by atoms with Crippen molar-refractivity contribution < 1.29 is 0 Å². The fraction of sp³-hybridized carbons (Fsp3) is 1.00. The van der Waals surface area contributed by atoms with E-state index in [1.54, 1.807) is 0 Å². The van der Waals surface area contributed by atoms with Gasteiger partial charge >= 0.3 is 0 Å². The van der Waals surface area contributed by atoms with Gasteiger partial charge in [0.25, 0.3) is 0 Å². The minimum atomic E-state index is -1.48. The number of hydrogen-bond donors (Lipinski definition) is 0. The first-order valence-corrected chi connectivity index (χ1v) is 6.93. The quantitative estimate of drug-likeness (QED) is 0.567. The first kappa shape index (κ1) is 11.3. The van der Waals surface area contributed by atoms with Gasteiger partial charge in [-0.05, 0) is 0 Å². The average molecular weight is 168 g/mol. The van der Waals surface area contributed by atoms with Gasteiger partial charge in [-0.2, -0.15) is 7.94 Å². The summed E-state index contributed by atoms with van der Waals surface area (Å²) in [6, 6.07) is 0. The third-order valence-electron chi connectivity index (χ3n) is 3.00. The Labute approximate surface area is 74.1 Å². The highest BCUT2D eigenvalue weighted by molar-refractivity contribution is 7.19. The fourth-order valence-electron chi connectivity index (χ4n) is 2.00. The van der Waals surface area contributed by atoms with Crippen LogP contribution in [0.25, 0.3) is 0 Å². The summed E-state index contributed by atoms with van der Waals surface area (Å²) in [6.07, 6.45) is 0. The molecule has 0 fully saturated rings. The second-order valence-electron chi connectivity index (χ2n) is 4.46. The summed E-state index contributed by atoms with van der Waals surface area (Å²) in [7, 11) is 4.98. The van der Waals surface area contributed by atoms with Crippen molar-refractivity contribution in [1.29, 1.82) is 0 Å². The van der Waals surface area contributed by atoms with Crippen LogP contribution in [0, 0.1) is 0 Å². The van der Waals surface area contributed by atoms with E-state index in [0.717, 1.165) is 0 Å². The van der Waals surface area contributed by atoms with Crippen LogP contribution >= 0.6 is 0 Å². The van der Waals surface area contributed by atoms with Crippen molar-refractivity contribution in [3.63, 3.8) is 0 Å². The third-order valence-corrected chi connectivity index (χ3v) is 9.00. The molecule has 11 heavy (non-hydrogen) atoms. The summed E-state index contributed by atoms with van der Waals surface area (Å²) in [5, 5.41) is 0. The molecule has 0 saturated heterocycles. The summed E-state index contributed by atoms with van der Waals surface area (Å²) in [5.74, 6) is 0. The van der Waals surface area contributed by atoms with Crippen LogP contribution in [0.3, 0.4) is 0 Å². The predicted octanol–water partition coefficient (Wildman–Crippen LogP) is 3.33. The zero-order valence-corrected chi connectivity index (χ0v) is 9.81. The van der Waals surface area contributed by atoms with E-state index in [0.29, 0.717) is 16.6 Å². The van der Waals surface area contributed by atoms with Crippen LogP contribution in [-0.4, -0.2) is 15.4 Å². The minimum absolute atomic E-state index is 0.697. The van der Waals surface area contributed by atoms with Crippen LogP contribution in [0.4, 0.5) is 0 Å². The zero-order chi connectivity index (χ0) is 9.23. The lowest BCUT2D eigenvalue weighted by Gasteiger charge is -2.54. The van der Waals surface area contributed by atoms with Gasteiger partial charge in [0.2, 0.25) is 0 Å². The SMILES string of the molecule is [B-][Si](C(C)C)(C(C)C)C(C)C. The van der Waals surface area contributed by atoms with Gasteiger partial charge in [0.15, 0.2) is 0 Å². The lowest BCUT2D eigenvalue weighted by molar-refractivity contribution is 0.848. The van der Waals surface area contributed by atoms with Crippen molar-refractivity contribution >= 4 is 15.4 Å². The monoisotopic (exact) mass is 168 g/mol. The molecule has 0 N–H and O–H groups in total. The zero-order valence-electron chi connectivity index (χ0n) is 8.81. The number of rotatable bonds is 3. The Kier molecular flexibility index (Phi) is 3.89. The summed E-state index contributed by atoms with van der Waals surface area (Å²) in [5.41, 5.74) is 2.09. The molecule has 0 rings (SSSR count). The van der Waals surface area contributed by atoms with Gasteiger partial charge in [0.05, 0.1) is 0 Å². The second-order valence-corrected chi connectivity index (χ2v) is 9.93. The van der Waals surface area contributed by atoms with Crippen LogP contribution in [-0.2, 0) is 0 Å². The van der Waals surface area contributed by atoms with Crippen molar-refractivity contribution in [2.24, 2.45) is 0 Å². The van der Waals surface area contributed by atoms with E-state index in [2.05, 4.69) is 41.5 Å². The Morgan fingerprint density at radius 3 is 0.909 bits per heavy atom. The fourth-order valence-corrected chi connectivity index (χ4v) is 6.00. The van der Waals surface area contributed by atoms with E-state index < -0.39 is 7.94 Å². The average Bonchev–Trinajstić information content (AvgIpc) is 1.84. The lowest BCUT2D eigenvalue weighted by Crippen LogP contribution is -2.45. The maximum absolute atomic E-state index is 6.47. The first-order chi connectivity index (χ1) is 4.83. The van der Waals surface area contributed by atoms with E-state index in [4.69, 9.17) is 7.44 Å². The molecule has 0 aromatic carbocycles. The van der Waals surface area contributed by atoms with Gasteiger partial charge in [-0.25, -0.2) is 0 Å². The molecule has 0 aliphatic rings. The molecule has 0 aromatic heterocycles. The first-order valence-electron chi connectivity index (χ1n) is 4.62. The van der Waals surface area contributed by atoms with Crippen molar-refractivity contribution in [3.8, 4) is 0 Å². The molecule has 0 spiro atoms. The van der Waals surface area contributed by atoms with E-state index in [1.807, 2.05) is 0 Å². The lowest BCUT2D eigenvalue weighted by atomic mass is 10.5. The number of hydrogen-bond acceptors (Lipinski definition) is 0. The van der Waals surface area contributed by atoms with Crippen LogP contribution < -0.4 is 0 Å². The standard InChI is InChI=1S/C9H21BSi/c1-7(2)11(10,8(3)4)9(5)6/h7-9H,1-6H3/q-1.